The molecule has 1 unspecified atom stereocenters. The van der Waals surface area contributed by atoms with Crippen LogP contribution in [0, 0.1) is 0 Å². The summed E-state index contributed by atoms with van der Waals surface area (Å²) in [6, 6.07) is 6.09. The second-order valence-electron chi connectivity index (χ2n) is 9.62. The highest BCUT2D eigenvalue weighted by atomic mass is 19.4. The number of benzene rings is 1. The third-order valence-electron chi connectivity index (χ3n) is 7.23. The third kappa shape index (κ3) is 4.70. The van der Waals surface area contributed by atoms with Gasteiger partial charge in [-0.15, -0.1) is 0 Å². The summed E-state index contributed by atoms with van der Waals surface area (Å²) in [6.07, 6.45) is -3.01. The van der Waals surface area contributed by atoms with Crippen molar-refractivity contribution in [2.24, 2.45) is 0 Å². The van der Waals surface area contributed by atoms with Crippen molar-refractivity contribution in [2.75, 3.05) is 25.0 Å². The number of alkyl halides is 3. The highest BCUT2D eigenvalue weighted by Gasteiger charge is 2.38. The Labute approximate surface area is 216 Å². The van der Waals surface area contributed by atoms with Crippen molar-refractivity contribution in [3.63, 3.8) is 0 Å². The summed E-state index contributed by atoms with van der Waals surface area (Å²) in [4.78, 5) is 40.9. The second kappa shape index (κ2) is 9.73. The van der Waals surface area contributed by atoms with E-state index in [4.69, 9.17) is 4.42 Å². The number of ketones is 1. The van der Waals surface area contributed by atoms with Crippen molar-refractivity contribution >= 4 is 23.3 Å². The number of aromatic hydroxyl groups is 1. The first-order valence-electron chi connectivity index (χ1n) is 12.4. The monoisotopic (exact) mass is 532 g/mol. The van der Waals surface area contributed by atoms with Gasteiger partial charge in [0.15, 0.2) is 11.5 Å². The van der Waals surface area contributed by atoms with Crippen LogP contribution in [0.25, 0.3) is 0 Å². The molecule has 38 heavy (non-hydrogen) atoms. The summed E-state index contributed by atoms with van der Waals surface area (Å²) in [5, 5.41) is 16.8. The number of para-hydroxylation sites is 1. The van der Waals surface area contributed by atoms with Gasteiger partial charge in [-0.25, -0.2) is 0 Å². The van der Waals surface area contributed by atoms with Gasteiger partial charge in [-0.2, -0.15) is 13.2 Å². The van der Waals surface area contributed by atoms with Gasteiger partial charge in [-0.3, -0.25) is 14.4 Å². The molecule has 2 amide bonds. The number of phenols is 1. The number of hydrogen-bond donors (Lipinski definition) is 3. The number of phenolic OH excluding ortho intramolecular Hbond substituents is 1. The second-order valence-corrected chi connectivity index (χ2v) is 9.62. The minimum atomic E-state index is -4.60. The molecule has 2 aromatic rings. The molecule has 0 radical (unpaired) electrons. The van der Waals surface area contributed by atoms with Crippen LogP contribution >= 0.6 is 0 Å². The van der Waals surface area contributed by atoms with E-state index in [0.717, 1.165) is 6.07 Å². The van der Waals surface area contributed by atoms with Gasteiger partial charge >= 0.3 is 6.18 Å². The number of anilines is 1. The summed E-state index contributed by atoms with van der Waals surface area (Å²) in [6.45, 7) is 2.96. The first-order valence-corrected chi connectivity index (χ1v) is 12.4. The molecule has 3 heterocycles. The summed E-state index contributed by atoms with van der Waals surface area (Å²) in [5.41, 5.74) is 0.837. The first kappa shape index (κ1) is 25.7. The van der Waals surface area contributed by atoms with E-state index >= 15 is 0 Å². The van der Waals surface area contributed by atoms with E-state index in [0.29, 0.717) is 44.6 Å². The maximum absolute atomic E-state index is 13.2. The van der Waals surface area contributed by atoms with E-state index in [1.165, 1.54) is 18.2 Å². The normalized spacial score (nSPS) is 20.4. The van der Waals surface area contributed by atoms with Crippen LogP contribution in [-0.4, -0.2) is 58.2 Å². The number of furan rings is 1. The van der Waals surface area contributed by atoms with Crippen LogP contribution in [0.15, 0.2) is 46.1 Å². The summed E-state index contributed by atoms with van der Waals surface area (Å²) >= 11 is 0. The lowest BCUT2D eigenvalue weighted by molar-refractivity contribution is -0.153. The summed E-state index contributed by atoms with van der Waals surface area (Å²) < 4.78 is 43.8. The standard InChI is InChI=1S/C26H27F3N4O5/c1-2-16(20-7-8-21(38-20)26(27,28)29)30-18-12-19(34)23(18)31-17-5-3-4-15(24(17)36)25(37)32-10-11-33-14(13-32)6-9-22(33)35/h3-5,7-8,14,16,30-31,36H,2,6,9-13H2,1H3/t14?,16-/m1/s1. The fourth-order valence-corrected chi connectivity index (χ4v) is 5.12. The molecule has 0 bridgehead atoms. The SMILES string of the molecule is CC[C@@H](NC1=C(Nc2cccc(C(=O)N3CCN4C(=O)CCC4C3)c2O)C(=O)C1)c1ccc(C(F)(F)F)o1. The number of nitrogens with zero attached hydrogens (tertiary/aromatic N) is 2. The number of halogens is 3. The number of piperazine rings is 1. The molecule has 3 N–H and O–H groups in total. The number of fused-ring (bicyclic) bond motifs is 1. The maximum Gasteiger partial charge on any atom is 0.449 e. The zero-order valence-corrected chi connectivity index (χ0v) is 20.6. The van der Waals surface area contributed by atoms with Crippen LogP contribution in [0.3, 0.4) is 0 Å². The van der Waals surface area contributed by atoms with Crippen LogP contribution in [0.4, 0.5) is 18.9 Å². The van der Waals surface area contributed by atoms with E-state index < -0.39 is 18.0 Å². The average molecular weight is 533 g/mol. The molecule has 0 saturated carbocycles. The minimum absolute atomic E-state index is 0.0251. The molecule has 1 aromatic carbocycles. The van der Waals surface area contributed by atoms with Crippen LogP contribution in [0.5, 0.6) is 5.75 Å². The van der Waals surface area contributed by atoms with Gasteiger partial charge in [0.25, 0.3) is 5.91 Å². The molecule has 2 saturated heterocycles. The van der Waals surface area contributed by atoms with Crippen LogP contribution in [0.2, 0.25) is 0 Å². The molecule has 2 aliphatic heterocycles. The molecular weight excluding hydrogens is 505 g/mol. The highest BCUT2D eigenvalue weighted by molar-refractivity contribution is 6.07. The molecule has 0 spiro atoms. The van der Waals surface area contributed by atoms with E-state index in [2.05, 4.69) is 10.6 Å². The third-order valence-corrected chi connectivity index (χ3v) is 7.23. The van der Waals surface area contributed by atoms with Crippen molar-refractivity contribution in [1.82, 2.24) is 15.1 Å². The van der Waals surface area contributed by atoms with Gasteiger partial charge in [0.2, 0.25) is 11.7 Å². The largest absolute Gasteiger partial charge is 0.505 e. The van der Waals surface area contributed by atoms with E-state index in [-0.39, 0.29) is 58.5 Å². The lowest BCUT2D eigenvalue weighted by atomic mass is 9.96. The number of hydrogen-bond acceptors (Lipinski definition) is 7. The molecule has 12 heteroatoms. The molecule has 1 aromatic heterocycles. The van der Waals surface area contributed by atoms with E-state index in [9.17, 15) is 32.7 Å². The lowest BCUT2D eigenvalue weighted by Gasteiger charge is -2.37. The van der Waals surface area contributed by atoms with Gasteiger partial charge in [0.05, 0.1) is 23.7 Å². The number of rotatable bonds is 7. The molecule has 9 nitrogen and oxygen atoms in total. The Morgan fingerprint density at radius 2 is 2.00 bits per heavy atom. The average Bonchev–Trinajstić information content (AvgIpc) is 3.52. The van der Waals surface area contributed by atoms with Crippen molar-refractivity contribution < 1.29 is 37.1 Å². The van der Waals surface area contributed by atoms with Crippen molar-refractivity contribution in [1.29, 1.82) is 0 Å². The quantitative estimate of drug-likeness (QED) is 0.465. The molecule has 2 atom stereocenters. The van der Waals surface area contributed by atoms with Crippen molar-refractivity contribution in [3.05, 3.63) is 58.8 Å². The molecule has 2 fully saturated rings. The lowest BCUT2D eigenvalue weighted by Crippen LogP contribution is -2.53. The Bertz CT molecular complexity index is 1320. The van der Waals surface area contributed by atoms with Crippen molar-refractivity contribution in [2.45, 2.75) is 50.9 Å². The van der Waals surface area contributed by atoms with E-state index in [1.54, 1.807) is 22.8 Å². The predicted octanol–water partition coefficient (Wildman–Crippen LogP) is 3.79. The molecular formula is C26H27F3N4O5. The molecule has 3 aliphatic rings. The number of carbonyl (C=O) groups is 3. The maximum atomic E-state index is 13.2. The Kier molecular flexibility index (Phi) is 6.58. The van der Waals surface area contributed by atoms with Crippen LogP contribution < -0.4 is 10.6 Å². The molecule has 202 valence electrons. The predicted molar refractivity (Wildman–Crippen MR) is 129 cm³/mol. The summed E-state index contributed by atoms with van der Waals surface area (Å²) in [5.74, 6) is -1.86. The van der Waals surface area contributed by atoms with Gasteiger partial charge in [-0.1, -0.05) is 13.0 Å². The molecule has 1 aliphatic carbocycles. The van der Waals surface area contributed by atoms with Gasteiger partial charge in [-0.05, 0) is 37.1 Å². The molecule has 5 rings (SSSR count). The van der Waals surface area contributed by atoms with Gasteiger partial charge in [0, 0.05) is 37.8 Å². The number of allylic oxidation sites excluding steroid dienone is 2. The number of amides is 2. The van der Waals surface area contributed by atoms with E-state index in [1.807, 2.05) is 0 Å². The zero-order valence-electron chi connectivity index (χ0n) is 20.6. The smallest absolute Gasteiger partial charge is 0.449 e. The van der Waals surface area contributed by atoms with Crippen LogP contribution in [0.1, 0.15) is 60.5 Å². The Hall–Kier alpha value is -3.96. The van der Waals surface area contributed by atoms with Crippen LogP contribution in [-0.2, 0) is 15.8 Å². The Morgan fingerprint density at radius 3 is 2.68 bits per heavy atom. The zero-order chi connectivity index (χ0) is 27.2. The fourth-order valence-electron chi connectivity index (χ4n) is 5.12. The Balaban J connectivity index is 1.31. The van der Waals surface area contributed by atoms with Crippen molar-refractivity contribution in [3.8, 4) is 5.75 Å². The first-order chi connectivity index (χ1) is 18.1. The number of nitrogens with one attached hydrogen (secondary N) is 2. The fraction of sp³-hybridized carbons (Fsp3) is 0.423. The highest BCUT2D eigenvalue weighted by Crippen LogP contribution is 2.36. The Morgan fingerprint density at radius 1 is 1.21 bits per heavy atom. The van der Waals surface area contributed by atoms with Gasteiger partial charge < -0.3 is 30.0 Å². The topological polar surface area (TPSA) is 115 Å². The number of carbonyl (C=O) groups excluding carboxylic acids is 3. The number of Topliss-reactive ketones (excluding diaryl/α,β-unsaturated/α-hetero) is 1. The van der Waals surface area contributed by atoms with Gasteiger partial charge in [0.1, 0.15) is 11.5 Å². The summed E-state index contributed by atoms with van der Waals surface area (Å²) in [7, 11) is 0. The minimum Gasteiger partial charge on any atom is -0.505 e.